The van der Waals surface area contributed by atoms with Crippen LogP contribution in [0.1, 0.15) is 26.2 Å². The average molecular weight is 231 g/mol. The number of rotatable bonds is 6. The van der Waals surface area contributed by atoms with Crippen LogP contribution in [-0.2, 0) is 10.0 Å². The van der Waals surface area contributed by atoms with E-state index in [4.69, 9.17) is 0 Å². The molecule has 1 heterocycles. The van der Waals surface area contributed by atoms with Gasteiger partial charge in [0.05, 0.1) is 6.20 Å². The monoisotopic (exact) mass is 231 g/mol. The Bertz CT molecular complexity index is 372. The largest absolute Gasteiger partial charge is 0.266 e. The van der Waals surface area contributed by atoms with Gasteiger partial charge in [0.1, 0.15) is 0 Å². The number of aromatic nitrogens is 2. The number of sulfonamides is 1. The first-order valence-corrected chi connectivity index (χ1v) is 6.48. The lowest BCUT2D eigenvalue weighted by molar-refractivity contribution is 0.451. The van der Waals surface area contributed by atoms with Crippen LogP contribution in [0.5, 0.6) is 0 Å². The summed E-state index contributed by atoms with van der Waals surface area (Å²) in [5.74, 6) is 0. The quantitative estimate of drug-likeness (QED) is 0.749. The van der Waals surface area contributed by atoms with E-state index in [1.54, 1.807) is 7.05 Å². The van der Waals surface area contributed by atoms with E-state index in [1.807, 2.05) is 0 Å². The Morgan fingerprint density at radius 1 is 1.47 bits per heavy atom. The van der Waals surface area contributed by atoms with Crippen LogP contribution in [0.4, 0.5) is 0 Å². The van der Waals surface area contributed by atoms with Gasteiger partial charge in [0.2, 0.25) is 0 Å². The van der Waals surface area contributed by atoms with Crippen LogP contribution in [0, 0.1) is 0 Å². The molecule has 0 atom stereocenters. The first kappa shape index (κ1) is 12.2. The van der Waals surface area contributed by atoms with Gasteiger partial charge in [-0.3, -0.25) is 5.10 Å². The molecule has 6 heteroatoms. The molecule has 5 nitrogen and oxygen atoms in total. The number of hydrogen-bond donors (Lipinski definition) is 1. The van der Waals surface area contributed by atoms with Gasteiger partial charge in [-0.1, -0.05) is 19.8 Å². The molecule has 0 saturated carbocycles. The Morgan fingerprint density at radius 2 is 2.20 bits per heavy atom. The summed E-state index contributed by atoms with van der Waals surface area (Å²) in [6.07, 6.45) is 4.45. The third kappa shape index (κ3) is 3.04. The van der Waals surface area contributed by atoms with Crippen LogP contribution in [0.25, 0.3) is 0 Å². The van der Waals surface area contributed by atoms with E-state index in [2.05, 4.69) is 17.1 Å². The second kappa shape index (κ2) is 5.27. The Labute approximate surface area is 90.5 Å². The highest BCUT2D eigenvalue weighted by Crippen LogP contribution is 2.11. The lowest BCUT2D eigenvalue weighted by Gasteiger charge is -2.15. The third-order valence-electron chi connectivity index (χ3n) is 2.24. The molecule has 0 aliphatic rings. The fraction of sp³-hybridized carbons (Fsp3) is 0.667. The molecule has 0 unspecified atom stereocenters. The van der Waals surface area contributed by atoms with Crippen molar-refractivity contribution in [1.82, 2.24) is 14.5 Å². The third-order valence-corrected chi connectivity index (χ3v) is 4.03. The molecule has 1 N–H and O–H groups in total. The maximum atomic E-state index is 11.8. The zero-order chi connectivity index (χ0) is 11.3. The SMILES string of the molecule is CCCCCN(C)S(=O)(=O)c1ccn[nH]1. The van der Waals surface area contributed by atoms with Crippen molar-refractivity contribution in [1.29, 1.82) is 0 Å². The molecular formula is C9H17N3O2S. The molecule has 15 heavy (non-hydrogen) atoms. The van der Waals surface area contributed by atoms with E-state index in [-0.39, 0.29) is 5.03 Å². The van der Waals surface area contributed by atoms with Gasteiger partial charge >= 0.3 is 0 Å². The van der Waals surface area contributed by atoms with Crippen LogP contribution in [0.2, 0.25) is 0 Å². The van der Waals surface area contributed by atoms with Gasteiger partial charge in [0, 0.05) is 13.6 Å². The number of aromatic amines is 1. The summed E-state index contributed by atoms with van der Waals surface area (Å²) in [5.41, 5.74) is 0. The summed E-state index contributed by atoms with van der Waals surface area (Å²) < 4.78 is 25.0. The molecule has 0 amide bonds. The predicted octanol–water partition coefficient (Wildman–Crippen LogP) is 1.22. The molecular weight excluding hydrogens is 214 g/mol. The van der Waals surface area contributed by atoms with Crippen molar-refractivity contribution in [2.45, 2.75) is 31.2 Å². The van der Waals surface area contributed by atoms with Crippen LogP contribution in [0.15, 0.2) is 17.3 Å². The molecule has 0 fully saturated rings. The molecule has 1 aromatic heterocycles. The number of hydrogen-bond acceptors (Lipinski definition) is 3. The van der Waals surface area contributed by atoms with Crippen LogP contribution < -0.4 is 0 Å². The normalized spacial score (nSPS) is 12.2. The van der Waals surface area contributed by atoms with E-state index in [1.165, 1.54) is 16.6 Å². The van der Waals surface area contributed by atoms with Gasteiger partial charge in [-0.25, -0.2) is 8.42 Å². The number of H-pyrrole nitrogens is 1. The maximum Gasteiger partial charge on any atom is 0.259 e. The minimum Gasteiger partial charge on any atom is -0.266 e. The highest BCUT2D eigenvalue weighted by molar-refractivity contribution is 7.89. The van der Waals surface area contributed by atoms with E-state index in [0.29, 0.717) is 6.54 Å². The highest BCUT2D eigenvalue weighted by atomic mass is 32.2. The Morgan fingerprint density at radius 3 is 2.73 bits per heavy atom. The standard InChI is InChI=1S/C9H17N3O2S/c1-3-4-5-8-12(2)15(13,14)9-6-7-10-11-9/h6-7H,3-5,8H2,1-2H3,(H,10,11). The van der Waals surface area contributed by atoms with Crippen molar-refractivity contribution in [3.8, 4) is 0 Å². The number of unbranched alkanes of at least 4 members (excludes halogenated alkanes) is 2. The van der Waals surface area contributed by atoms with Crippen molar-refractivity contribution >= 4 is 10.0 Å². The zero-order valence-electron chi connectivity index (χ0n) is 9.10. The van der Waals surface area contributed by atoms with Crippen molar-refractivity contribution < 1.29 is 8.42 Å². The lowest BCUT2D eigenvalue weighted by Crippen LogP contribution is -2.28. The summed E-state index contributed by atoms with van der Waals surface area (Å²) in [4.78, 5) is 0. The first-order valence-electron chi connectivity index (χ1n) is 5.04. The summed E-state index contributed by atoms with van der Waals surface area (Å²) >= 11 is 0. The molecule has 0 saturated heterocycles. The minimum absolute atomic E-state index is 0.154. The van der Waals surface area contributed by atoms with Crippen molar-refractivity contribution in [2.75, 3.05) is 13.6 Å². The van der Waals surface area contributed by atoms with Crippen molar-refractivity contribution in [3.63, 3.8) is 0 Å². The van der Waals surface area contributed by atoms with Gasteiger partial charge in [0.15, 0.2) is 5.03 Å². The zero-order valence-corrected chi connectivity index (χ0v) is 9.92. The first-order chi connectivity index (χ1) is 7.09. The second-order valence-corrected chi connectivity index (χ2v) is 5.47. The molecule has 1 aromatic rings. The summed E-state index contributed by atoms with van der Waals surface area (Å²) in [7, 11) is -1.77. The fourth-order valence-electron chi connectivity index (χ4n) is 1.26. The van der Waals surface area contributed by atoms with Crippen molar-refractivity contribution in [3.05, 3.63) is 12.3 Å². The van der Waals surface area contributed by atoms with Crippen molar-refractivity contribution in [2.24, 2.45) is 0 Å². The van der Waals surface area contributed by atoms with E-state index in [0.717, 1.165) is 19.3 Å². The fourth-order valence-corrected chi connectivity index (χ4v) is 2.37. The predicted molar refractivity (Wildman–Crippen MR) is 57.9 cm³/mol. The Balaban J connectivity index is 2.62. The van der Waals surface area contributed by atoms with Gasteiger partial charge in [-0.15, -0.1) is 0 Å². The highest BCUT2D eigenvalue weighted by Gasteiger charge is 2.21. The van der Waals surface area contributed by atoms with Crippen LogP contribution in [0.3, 0.4) is 0 Å². The maximum absolute atomic E-state index is 11.8. The van der Waals surface area contributed by atoms with Gasteiger partial charge < -0.3 is 0 Å². The second-order valence-electron chi connectivity index (χ2n) is 3.45. The molecule has 0 spiro atoms. The van der Waals surface area contributed by atoms with Gasteiger partial charge in [-0.2, -0.15) is 9.40 Å². The topological polar surface area (TPSA) is 66.1 Å². The Kier molecular flexibility index (Phi) is 4.28. The summed E-state index contributed by atoms with van der Waals surface area (Å²) in [6, 6.07) is 1.46. The lowest BCUT2D eigenvalue weighted by atomic mass is 10.2. The average Bonchev–Trinajstić information content (AvgIpc) is 2.71. The van der Waals surface area contributed by atoms with E-state index in [9.17, 15) is 8.42 Å². The molecule has 0 radical (unpaired) electrons. The molecule has 0 aliphatic carbocycles. The minimum atomic E-state index is -3.36. The van der Waals surface area contributed by atoms with Gasteiger partial charge in [0.25, 0.3) is 10.0 Å². The molecule has 1 rings (SSSR count). The van der Waals surface area contributed by atoms with Crippen LogP contribution >= 0.6 is 0 Å². The van der Waals surface area contributed by atoms with Crippen LogP contribution in [-0.4, -0.2) is 36.5 Å². The van der Waals surface area contributed by atoms with E-state index < -0.39 is 10.0 Å². The Hall–Kier alpha value is -0.880. The van der Waals surface area contributed by atoms with Gasteiger partial charge in [-0.05, 0) is 12.5 Å². The summed E-state index contributed by atoms with van der Waals surface area (Å²) in [6.45, 7) is 2.64. The smallest absolute Gasteiger partial charge is 0.259 e. The molecule has 0 aliphatic heterocycles. The number of nitrogens with zero attached hydrogens (tertiary/aromatic N) is 2. The molecule has 0 aromatic carbocycles. The van der Waals surface area contributed by atoms with E-state index >= 15 is 0 Å². The number of nitrogens with one attached hydrogen (secondary N) is 1. The molecule has 0 bridgehead atoms. The summed E-state index contributed by atoms with van der Waals surface area (Å²) in [5, 5.41) is 6.26. The molecule has 86 valence electrons.